The Morgan fingerprint density at radius 1 is 1.25 bits per heavy atom. The second-order valence-corrected chi connectivity index (χ2v) is 7.27. The molecule has 1 aromatic carbocycles. The highest BCUT2D eigenvalue weighted by molar-refractivity contribution is 7.89. The van der Waals surface area contributed by atoms with Gasteiger partial charge in [-0.1, -0.05) is 29.3 Å². The van der Waals surface area contributed by atoms with Gasteiger partial charge in [0, 0.05) is 6.54 Å². The molecule has 0 bridgehead atoms. The first-order valence-corrected chi connectivity index (χ1v) is 8.74. The Labute approximate surface area is 131 Å². The lowest BCUT2D eigenvalue weighted by atomic mass is 10.2. The van der Waals surface area contributed by atoms with Crippen LogP contribution in [0.5, 0.6) is 0 Å². The molecule has 0 aliphatic carbocycles. The molecule has 2 N–H and O–H groups in total. The van der Waals surface area contributed by atoms with E-state index in [1.807, 2.05) is 0 Å². The minimum absolute atomic E-state index is 0.0371. The lowest BCUT2D eigenvalue weighted by Gasteiger charge is -2.13. The van der Waals surface area contributed by atoms with Gasteiger partial charge in [-0.3, -0.25) is 0 Å². The summed E-state index contributed by atoms with van der Waals surface area (Å²) in [4.78, 5) is -0.180. The molecule has 0 radical (unpaired) electrons. The highest BCUT2D eigenvalue weighted by Crippen LogP contribution is 2.29. The molecule has 108 valence electrons. The summed E-state index contributed by atoms with van der Waals surface area (Å²) in [6, 6.07) is 6.17. The van der Waals surface area contributed by atoms with E-state index in [1.165, 1.54) is 23.5 Å². The Balaban J connectivity index is 2.16. The minimum Gasteiger partial charge on any atom is -0.387 e. The van der Waals surface area contributed by atoms with Crippen LogP contribution >= 0.6 is 34.5 Å². The quantitative estimate of drug-likeness (QED) is 0.869. The van der Waals surface area contributed by atoms with E-state index in [9.17, 15) is 13.5 Å². The fourth-order valence-corrected chi connectivity index (χ4v) is 4.47. The number of sulfonamides is 1. The monoisotopic (exact) mass is 351 g/mol. The molecule has 0 spiro atoms. The van der Waals surface area contributed by atoms with Crippen molar-refractivity contribution in [2.45, 2.75) is 11.0 Å². The zero-order valence-electron chi connectivity index (χ0n) is 10.1. The van der Waals surface area contributed by atoms with E-state index in [0.29, 0.717) is 5.56 Å². The lowest BCUT2D eigenvalue weighted by molar-refractivity contribution is 0.182. The van der Waals surface area contributed by atoms with E-state index < -0.39 is 16.1 Å². The molecular weight excluding hydrogens is 341 g/mol. The SMILES string of the molecule is O=S(=O)(NCC(O)c1ccsc1)c1c(Cl)cccc1Cl. The molecule has 2 aromatic rings. The van der Waals surface area contributed by atoms with E-state index >= 15 is 0 Å². The molecule has 2 rings (SSSR count). The summed E-state index contributed by atoms with van der Waals surface area (Å²) in [5.41, 5.74) is 0.656. The second-order valence-electron chi connectivity index (χ2n) is 3.98. The molecule has 20 heavy (non-hydrogen) atoms. The Hall–Kier alpha value is -0.630. The van der Waals surface area contributed by atoms with Crippen LogP contribution in [0.15, 0.2) is 39.9 Å². The van der Waals surface area contributed by atoms with Crippen molar-refractivity contribution in [1.29, 1.82) is 0 Å². The Morgan fingerprint density at radius 3 is 2.45 bits per heavy atom. The summed E-state index contributed by atoms with van der Waals surface area (Å²) in [5.74, 6) is 0. The maximum atomic E-state index is 12.2. The van der Waals surface area contributed by atoms with Gasteiger partial charge in [0.15, 0.2) is 0 Å². The average Bonchev–Trinajstić information content (AvgIpc) is 2.89. The fraction of sp³-hybridized carbons (Fsp3) is 0.167. The van der Waals surface area contributed by atoms with Crippen molar-refractivity contribution in [3.05, 3.63) is 50.6 Å². The van der Waals surface area contributed by atoms with E-state index in [1.54, 1.807) is 22.9 Å². The van der Waals surface area contributed by atoms with Crippen LogP contribution in [0.1, 0.15) is 11.7 Å². The van der Waals surface area contributed by atoms with Crippen LogP contribution in [0.2, 0.25) is 10.0 Å². The van der Waals surface area contributed by atoms with Crippen LogP contribution in [0.25, 0.3) is 0 Å². The smallest absolute Gasteiger partial charge is 0.243 e. The minimum atomic E-state index is -3.88. The number of benzene rings is 1. The van der Waals surface area contributed by atoms with Crippen molar-refractivity contribution in [2.75, 3.05) is 6.54 Å². The fourth-order valence-electron chi connectivity index (χ4n) is 1.58. The van der Waals surface area contributed by atoms with Crippen molar-refractivity contribution in [3.8, 4) is 0 Å². The van der Waals surface area contributed by atoms with Gasteiger partial charge in [0.1, 0.15) is 4.90 Å². The molecule has 1 heterocycles. The van der Waals surface area contributed by atoms with Gasteiger partial charge in [0.25, 0.3) is 0 Å². The van der Waals surface area contributed by atoms with Gasteiger partial charge >= 0.3 is 0 Å². The number of nitrogens with one attached hydrogen (secondary N) is 1. The number of aliphatic hydroxyl groups is 1. The molecular formula is C12H11Cl2NO3S2. The highest BCUT2D eigenvalue weighted by atomic mass is 35.5. The number of aliphatic hydroxyl groups excluding tert-OH is 1. The first-order valence-electron chi connectivity index (χ1n) is 5.55. The summed E-state index contributed by atoms with van der Waals surface area (Å²) >= 11 is 13.2. The van der Waals surface area contributed by atoms with Gasteiger partial charge in [-0.05, 0) is 34.5 Å². The van der Waals surface area contributed by atoms with Crippen LogP contribution < -0.4 is 4.72 Å². The predicted octanol–water partition coefficient (Wildman–Crippen LogP) is 3.07. The molecule has 0 aliphatic heterocycles. The molecule has 8 heteroatoms. The summed E-state index contributed by atoms with van der Waals surface area (Å²) in [7, 11) is -3.88. The van der Waals surface area contributed by atoms with Gasteiger partial charge in [0.2, 0.25) is 10.0 Å². The maximum Gasteiger partial charge on any atom is 0.243 e. The van der Waals surface area contributed by atoms with Crippen LogP contribution in [0.4, 0.5) is 0 Å². The summed E-state index contributed by atoms with van der Waals surface area (Å²) in [5, 5.41) is 13.5. The van der Waals surface area contributed by atoms with Crippen molar-refractivity contribution in [2.24, 2.45) is 0 Å². The number of thiophene rings is 1. The molecule has 4 nitrogen and oxygen atoms in total. The number of hydrogen-bond acceptors (Lipinski definition) is 4. The molecule has 0 aliphatic rings. The second kappa shape index (κ2) is 6.43. The molecule has 0 fully saturated rings. The zero-order chi connectivity index (χ0) is 14.8. The van der Waals surface area contributed by atoms with Crippen LogP contribution in [0, 0.1) is 0 Å². The molecule has 1 aromatic heterocycles. The van der Waals surface area contributed by atoms with E-state index in [2.05, 4.69) is 4.72 Å². The molecule has 0 amide bonds. The third-order valence-electron chi connectivity index (χ3n) is 2.58. The first-order chi connectivity index (χ1) is 9.42. The Morgan fingerprint density at radius 2 is 1.90 bits per heavy atom. The third-order valence-corrected chi connectivity index (χ3v) is 5.66. The molecule has 0 saturated carbocycles. The molecule has 1 atom stereocenters. The molecule has 0 saturated heterocycles. The normalized spacial score (nSPS) is 13.3. The van der Waals surface area contributed by atoms with Gasteiger partial charge in [-0.15, -0.1) is 0 Å². The number of hydrogen-bond donors (Lipinski definition) is 2. The van der Waals surface area contributed by atoms with E-state index in [0.717, 1.165) is 0 Å². The summed E-state index contributed by atoms with van der Waals surface area (Å²) in [6.07, 6.45) is -0.919. The van der Waals surface area contributed by atoms with Crippen LogP contribution in [-0.2, 0) is 10.0 Å². The average molecular weight is 352 g/mol. The van der Waals surface area contributed by atoms with Gasteiger partial charge < -0.3 is 5.11 Å². The Kier molecular flexibility index (Phi) is 5.06. The van der Waals surface area contributed by atoms with Gasteiger partial charge in [-0.2, -0.15) is 11.3 Å². The summed E-state index contributed by atoms with van der Waals surface area (Å²) < 4.78 is 26.6. The lowest BCUT2D eigenvalue weighted by Crippen LogP contribution is -2.28. The third kappa shape index (κ3) is 3.52. The topological polar surface area (TPSA) is 66.4 Å². The van der Waals surface area contributed by atoms with E-state index in [4.69, 9.17) is 23.2 Å². The Bertz CT molecular complexity index is 666. The number of rotatable bonds is 5. The van der Waals surface area contributed by atoms with Crippen LogP contribution in [0.3, 0.4) is 0 Å². The standard InChI is InChI=1S/C12H11Cl2NO3S2/c13-9-2-1-3-10(14)12(9)20(17,18)15-6-11(16)8-4-5-19-7-8/h1-5,7,11,15-16H,6H2. The van der Waals surface area contributed by atoms with Crippen LogP contribution in [-0.4, -0.2) is 20.1 Å². The molecule has 1 unspecified atom stereocenters. The number of halogens is 2. The summed E-state index contributed by atoms with van der Waals surface area (Å²) in [6.45, 7) is -0.152. The largest absolute Gasteiger partial charge is 0.387 e. The van der Waals surface area contributed by atoms with Crippen molar-refractivity contribution in [1.82, 2.24) is 4.72 Å². The zero-order valence-corrected chi connectivity index (χ0v) is 13.2. The van der Waals surface area contributed by atoms with Crippen molar-refractivity contribution < 1.29 is 13.5 Å². The van der Waals surface area contributed by atoms with Crippen molar-refractivity contribution >= 4 is 44.6 Å². The first kappa shape index (κ1) is 15.8. The highest BCUT2D eigenvalue weighted by Gasteiger charge is 2.22. The predicted molar refractivity (Wildman–Crippen MR) is 80.9 cm³/mol. The maximum absolute atomic E-state index is 12.2. The van der Waals surface area contributed by atoms with Gasteiger partial charge in [0.05, 0.1) is 16.1 Å². The van der Waals surface area contributed by atoms with Gasteiger partial charge in [-0.25, -0.2) is 13.1 Å². The van der Waals surface area contributed by atoms with E-state index in [-0.39, 0.29) is 21.5 Å². The van der Waals surface area contributed by atoms with Crippen molar-refractivity contribution in [3.63, 3.8) is 0 Å².